The highest BCUT2D eigenvalue weighted by atomic mass is 19.1. The zero-order chi connectivity index (χ0) is 15.4. The second-order valence-electron chi connectivity index (χ2n) is 4.45. The lowest BCUT2D eigenvalue weighted by Crippen LogP contribution is -1.99. The highest BCUT2D eigenvalue weighted by molar-refractivity contribution is 5.54. The Morgan fingerprint density at radius 1 is 1.00 bits per heavy atom. The largest absolute Gasteiger partial charge is 0.493 e. The summed E-state index contributed by atoms with van der Waals surface area (Å²) < 4.78 is 29.6. The van der Waals surface area contributed by atoms with E-state index in [4.69, 9.17) is 14.2 Å². The van der Waals surface area contributed by atoms with Crippen molar-refractivity contribution in [3.05, 3.63) is 47.8 Å². The van der Waals surface area contributed by atoms with Crippen LogP contribution in [0.3, 0.4) is 0 Å². The summed E-state index contributed by atoms with van der Waals surface area (Å²) in [6.45, 7) is 1.54. The third-order valence-corrected chi connectivity index (χ3v) is 3.02. The summed E-state index contributed by atoms with van der Waals surface area (Å²) in [4.78, 5) is 0. The molecule has 21 heavy (non-hydrogen) atoms. The maximum absolute atomic E-state index is 13.3. The van der Waals surface area contributed by atoms with Crippen LogP contribution in [0.4, 0.5) is 4.39 Å². The molecule has 2 aromatic carbocycles. The minimum absolute atomic E-state index is 0.342. The van der Waals surface area contributed by atoms with Crippen molar-refractivity contribution in [2.75, 3.05) is 14.2 Å². The van der Waals surface area contributed by atoms with Gasteiger partial charge < -0.3 is 19.3 Å². The Hall–Kier alpha value is -2.27. The molecule has 0 aliphatic rings. The van der Waals surface area contributed by atoms with Gasteiger partial charge in [-0.25, -0.2) is 4.39 Å². The highest BCUT2D eigenvalue weighted by Crippen LogP contribution is 2.41. The molecule has 2 rings (SSSR count). The van der Waals surface area contributed by atoms with E-state index in [1.54, 1.807) is 25.1 Å². The van der Waals surface area contributed by atoms with Crippen molar-refractivity contribution in [3.8, 4) is 23.0 Å². The lowest BCUT2D eigenvalue weighted by atomic mass is 10.1. The third-order valence-electron chi connectivity index (χ3n) is 3.02. The van der Waals surface area contributed by atoms with Crippen LogP contribution < -0.4 is 14.2 Å². The molecule has 0 saturated carbocycles. The Morgan fingerprint density at radius 2 is 1.62 bits per heavy atom. The summed E-state index contributed by atoms with van der Waals surface area (Å²) in [5.41, 5.74) is 0.350. The minimum atomic E-state index is -0.864. The second kappa shape index (κ2) is 6.45. The van der Waals surface area contributed by atoms with Gasteiger partial charge in [-0.2, -0.15) is 0 Å². The van der Waals surface area contributed by atoms with Crippen molar-refractivity contribution < 1.29 is 23.7 Å². The number of hydrogen-bond donors (Lipinski definition) is 1. The Kier molecular flexibility index (Phi) is 4.65. The second-order valence-corrected chi connectivity index (χ2v) is 4.45. The lowest BCUT2D eigenvalue weighted by Gasteiger charge is -2.17. The molecule has 0 aliphatic heterocycles. The van der Waals surface area contributed by atoms with Gasteiger partial charge >= 0.3 is 0 Å². The van der Waals surface area contributed by atoms with Crippen molar-refractivity contribution in [1.82, 2.24) is 0 Å². The maximum atomic E-state index is 13.3. The van der Waals surface area contributed by atoms with Crippen LogP contribution in [0.5, 0.6) is 23.0 Å². The summed E-state index contributed by atoms with van der Waals surface area (Å²) in [6, 6.07) is 9.19. The van der Waals surface area contributed by atoms with E-state index in [1.807, 2.05) is 0 Å². The van der Waals surface area contributed by atoms with E-state index < -0.39 is 11.9 Å². The first-order valence-corrected chi connectivity index (χ1v) is 6.43. The molecule has 0 aliphatic carbocycles. The van der Waals surface area contributed by atoms with Crippen LogP contribution in [0.1, 0.15) is 18.6 Å². The molecular weight excluding hydrogens is 275 g/mol. The average molecular weight is 292 g/mol. The van der Waals surface area contributed by atoms with Gasteiger partial charge in [-0.15, -0.1) is 0 Å². The Bertz CT molecular complexity index is 603. The number of methoxy groups -OCH3 is 2. The topological polar surface area (TPSA) is 47.9 Å². The van der Waals surface area contributed by atoms with Gasteiger partial charge in [0, 0.05) is 5.56 Å². The van der Waals surface area contributed by atoms with Gasteiger partial charge in [0.1, 0.15) is 11.6 Å². The smallest absolute Gasteiger partial charge is 0.211 e. The van der Waals surface area contributed by atoms with Gasteiger partial charge in [0.2, 0.25) is 5.75 Å². The predicted octanol–water partition coefficient (Wildman–Crippen LogP) is 3.69. The number of benzene rings is 2. The van der Waals surface area contributed by atoms with E-state index in [0.717, 1.165) is 0 Å². The molecular formula is C16H17FO4. The molecule has 0 amide bonds. The summed E-state index contributed by atoms with van der Waals surface area (Å²) >= 11 is 0. The van der Waals surface area contributed by atoms with Crippen molar-refractivity contribution in [3.63, 3.8) is 0 Å². The SMILES string of the molecule is COc1cccc(OC)c1Oc1ccc(F)cc1C(C)O. The monoisotopic (exact) mass is 292 g/mol. The van der Waals surface area contributed by atoms with Crippen LogP contribution in [0.25, 0.3) is 0 Å². The molecule has 0 radical (unpaired) electrons. The molecule has 4 nitrogen and oxygen atoms in total. The molecule has 1 unspecified atom stereocenters. The quantitative estimate of drug-likeness (QED) is 0.913. The van der Waals surface area contributed by atoms with E-state index >= 15 is 0 Å². The molecule has 0 spiro atoms. The van der Waals surface area contributed by atoms with Crippen molar-refractivity contribution in [2.45, 2.75) is 13.0 Å². The molecule has 5 heteroatoms. The molecule has 0 saturated heterocycles. The minimum Gasteiger partial charge on any atom is -0.493 e. The lowest BCUT2D eigenvalue weighted by molar-refractivity contribution is 0.194. The Morgan fingerprint density at radius 3 is 2.14 bits per heavy atom. The molecule has 0 aromatic heterocycles. The van der Waals surface area contributed by atoms with Gasteiger partial charge in [-0.1, -0.05) is 6.07 Å². The number of aliphatic hydroxyl groups excluding tert-OH is 1. The van der Waals surface area contributed by atoms with Crippen LogP contribution in [0, 0.1) is 5.82 Å². The summed E-state index contributed by atoms with van der Waals surface area (Å²) in [5.74, 6) is 1.24. The first-order chi connectivity index (χ1) is 10.1. The van der Waals surface area contributed by atoms with E-state index in [0.29, 0.717) is 28.6 Å². The predicted molar refractivity (Wildman–Crippen MR) is 76.7 cm³/mol. The number of aliphatic hydroxyl groups is 1. The zero-order valence-electron chi connectivity index (χ0n) is 12.1. The van der Waals surface area contributed by atoms with Gasteiger partial charge in [0.05, 0.1) is 20.3 Å². The fourth-order valence-electron chi connectivity index (χ4n) is 1.97. The molecule has 1 atom stereocenters. The van der Waals surface area contributed by atoms with Gasteiger partial charge in [0.25, 0.3) is 0 Å². The van der Waals surface area contributed by atoms with Crippen LogP contribution in [0.2, 0.25) is 0 Å². The summed E-state index contributed by atoms with van der Waals surface area (Å²) in [7, 11) is 3.03. The van der Waals surface area contributed by atoms with Gasteiger partial charge in [-0.05, 0) is 37.3 Å². The number of para-hydroxylation sites is 1. The summed E-state index contributed by atoms with van der Waals surface area (Å²) in [6.07, 6.45) is -0.864. The zero-order valence-corrected chi connectivity index (χ0v) is 12.1. The van der Waals surface area contributed by atoms with Crippen LogP contribution >= 0.6 is 0 Å². The van der Waals surface area contributed by atoms with Crippen molar-refractivity contribution in [1.29, 1.82) is 0 Å². The molecule has 2 aromatic rings. The molecule has 1 N–H and O–H groups in total. The standard InChI is InChI=1S/C16H17FO4/c1-10(18)12-9-11(17)7-8-13(12)21-16-14(19-2)5-4-6-15(16)20-3/h4-10,18H,1-3H3. The number of hydrogen-bond acceptors (Lipinski definition) is 4. The third kappa shape index (κ3) is 3.25. The van der Waals surface area contributed by atoms with Crippen LogP contribution in [-0.4, -0.2) is 19.3 Å². The van der Waals surface area contributed by atoms with Crippen molar-refractivity contribution in [2.24, 2.45) is 0 Å². The van der Waals surface area contributed by atoms with E-state index in [-0.39, 0.29) is 0 Å². The van der Waals surface area contributed by atoms with Gasteiger partial charge in [-0.3, -0.25) is 0 Å². The average Bonchev–Trinajstić information content (AvgIpc) is 2.48. The molecule has 0 heterocycles. The molecule has 0 fully saturated rings. The normalized spacial score (nSPS) is 11.9. The first kappa shape index (κ1) is 15.1. The van der Waals surface area contributed by atoms with Crippen LogP contribution in [0.15, 0.2) is 36.4 Å². The van der Waals surface area contributed by atoms with E-state index in [2.05, 4.69) is 0 Å². The number of rotatable bonds is 5. The fourth-order valence-corrected chi connectivity index (χ4v) is 1.97. The van der Waals surface area contributed by atoms with E-state index in [9.17, 15) is 9.50 Å². The number of ether oxygens (including phenoxy) is 3. The van der Waals surface area contributed by atoms with E-state index in [1.165, 1.54) is 32.4 Å². The molecule has 0 bridgehead atoms. The Balaban J connectivity index is 2.47. The highest BCUT2D eigenvalue weighted by Gasteiger charge is 2.16. The fraction of sp³-hybridized carbons (Fsp3) is 0.250. The maximum Gasteiger partial charge on any atom is 0.211 e. The van der Waals surface area contributed by atoms with Crippen LogP contribution in [-0.2, 0) is 0 Å². The summed E-state index contributed by atoms with van der Waals surface area (Å²) in [5, 5.41) is 9.75. The first-order valence-electron chi connectivity index (χ1n) is 6.43. The van der Waals surface area contributed by atoms with Gasteiger partial charge in [0.15, 0.2) is 11.5 Å². The molecule has 112 valence electrons. The van der Waals surface area contributed by atoms with Crippen molar-refractivity contribution >= 4 is 0 Å². The Labute approximate surface area is 122 Å². The number of halogens is 1.